The van der Waals surface area contributed by atoms with Crippen LogP contribution in [0.2, 0.25) is 5.02 Å². The fourth-order valence-electron chi connectivity index (χ4n) is 2.31. The molecule has 110 valence electrons. The van der Waals surface area contributed by atoms with Crippen LogP contribution in [0.15, 0.2) is 18.2 Å². The number of hydrogen-bond donors (Lipinski definition) is 2. The maximum Gasteiger partial charge on any atom is 0.257 e. The quantitative estimate of drug-likeness (QED) is 0.840. The van der Waals surface area contributed by atoms with Crippen molar-refractivity contribution in [3.05, 3.63) is 51.3 Å². The molecule has 1 amide bonds. The zero-order valence-corrected chi connectivity index (χ0v) is 13.2. The van der Waals surface area contributed by atoms with E-state index in [0.717, 1.165) is 5.56 Å². The van der Waals surface area contributed by atoms with Crippen molar-refractivity contribution >= 4 is 29.0 Å². The first kappa shape index (κ1) is 15.3. The Morgan fingerprint density at radius 3 is 2.38 bits per heavy atom. The molecule has 0 fully saturated rings. The zero-order valence-electron chi connectivity index (χ0n) is 12.4. The van der Waals surface area contributed by atoms with Gasteiger partial charge in [-0.05, 0) is 44.0 Å². The summed E-state index contributed by atoms with van der Waals surface area (Å²) in [5.74, 6) is -0.346. The van der Waals surface area contributed by atoms with Gasteiger partial charge in [-0.2, -0.15) is 0 Å². The van der Waals surface area contributed by atoms with Gasteiger partial charge in [0.25, 0.3) is 5.91 Å². The molecule has 0 saturated heterocycles. The molecule has 1 aromatic carbocycles. The number of aromatic nitrogens is 1. The van der Waals surface area contributed by atoms with Crippen molar-refractivity contribution in [2.75, 3.05) is 5.32 Å². The maximum absolute atomic E-state index is 12.4. The summed E-state index contributed by atoms with van der Waals surface area (Å²) >= 11 is 6.05. The Labute approximate surface area is 128 Å². The van der Waals surface area contributed by atoms with Crippen LogP contribution >= 0.6 is 11.6 Å². The van der Waals surface area contributed by atoms with Crippen LogP contribution in [-0.2, 0) is 0 Å². The highest BCUT2D eigenvalue weighted by molar-refractivity contribution is 6.31. The van der Waals surface area contributed by atoms with Gasteiger partial charge < -0.3 is 10.3 Å². The van der Waals surface area contributed by atoms with Gasteiger partial charge >= 0.3 is 0 Å². The lowest BCUT2D eigenvalue weighted by molar-refractivity contribution is 0.101. The summed E-state index contributed by atoms with van der Waals surface area (Å²) < 4.78 is 0. The van der Waals surface area contributed by atoms with E-state index in [4.69, 9.17) is 11.6 Å². The van der Waals surface area contributed by atoms with Gasteiger partial charge in [-0.15, -0.1) is 0 Å². The average Bonchev–Trinajstić information content (AvgIpc) is 2.69. The number of Topliss-reactive ketones (excluding diaryl/α,β-unsaturated/α-hetero) is 1. The van der Waals surface area contributed by atoms with E-state index in [-0.39, 0.29) is 11.7 Å². The number of hydrogen-bond acceptors (Lipinski definition) is 2. The second-order valence-electron chi connectivity index (χ2n) is 5.10. The second-order valence-corrected chi connectivity index (χ2v) is 5.51. The van der Waals surface area contributed by atoms with E-state index in [9.17, 15) is 9.59 Å². The minimum absolute atomic E-state index is 0.0898. The van der Waals surface area contributed by atoms with Crippen molar-refractivity contribution < 1.29 is 9.59 Å². The lowest BCUT2D eigenvalue weighted by Gasteiger charge is -2.07. The molecule has 2 N–H and O–H groups in total. The third-order valence-corrected chi connectivity index (χ3v) is 3.85. The highest BCUT2D eigenvalue weighted by atomic mass is 35.5. The van der Waals surface area contributed by atoms with Gasteiger partial charge in [0.05, 0.1) is 11.3 Å². The predicted molar refractivity (Wildman–Crippen MR) is 84.4 cm³/mol. The minimum Gasteiger partial charge on any atom is -0.355 e. The summed E-state index contributed by atoms with van der Waals surface area (Å²) in [5, 5.41) is 3.40. The summed E-state index contributed by atoms with van der Waals surface area (Å²) in [5.41, 5.74) is 3.88. The minimum atomic E-state index is -0.256. The van der Waals surface area contributed by atoms with Gasteiger partial charge in [0.2, 0.25) is 0 Å². The molecule has 0 atom stereocenters. The molecule has 2 aromatic rings. The van der Waals surface area contributed by atoms with Crippen molar-refractivity contribution in [3.63, 3.8) is 0 Å². The first-order valence-corrected chi connectivity index (χ1v) is 6.96. The standard InChI is InChI=1S/C16H17ClN2O2/c1-8-5-6-12(7-13(8)17)19-16(21)14-9(2)15(11(4)20)18-10(14)3/h5-7,18H,1-4H3,(H,19,21). The third kappa shape index (κ3) is 3.00. The molecule has 0 saturated carbocycles. The number of benzene rings is 1. The topological polar surface area (TPSA) is 62.0 Å². The van der Waals surface area contributed by atoms with E-state index >= 15 is 0 Å². The van der Waals surface area contributed by atoms with Crippen LogP contribution in [0.5, 0.6) is 0 Å². The van der Waals surface area contributed by atoms with Gasteiger partial charge in [0.15, 0.2) is 5.78 Å². The van der Waals surface area contributed by atoms with Crippen molar-refractivity contribution in [2.45, 2.75) is 27.7 Å². The molecule has 2 rings (SSSR count). The Morgan fingerprint density at radius 2 is 1.86 bits per heavy atom. The van der Waals surface area contributed by atoms with Crippen molar-refractivity contribution in [1.82, 2.24) is 4.98 Å². The number of ketones is 1. The second kappa shape index (κ2) is 5.74. The van der Waals surface area contributed by atoms with Crippen LogP contribution in [0, 0.1) is 20.8 Å². The summed E-state index contributed by atoms with van der Waals surface area (Å²) in [6.45, 7) is 6.90. The van der Waals surface area contributed by atoms with Gasteiger partial charge in [0.1, 0.15) is 0 Å². The number of anilines is 1. The van der Waals surface area contributed by atoms with Crippen LogP contribution in [0.3, 0.4) is 0 Å². The Balaban J connectivity index is 2.32. The smallest absolute Gasteiger partial charge is 0.257 e. The zero-order chi connectivity index (χ0) is 15.7. The summed E-state index contributed by atoms with van der Waals surface area (Å²) in [7, 11) is 0. The maximum atomic E-state index is 12.4. The Bertz CT molecular complexity index is 732. The summed E-state index contributed by atoms with van der Waals surface area (Å²) in [6, 6.07) is 5.34. The average molecular weight is 305 g/mol. The largest absolute Gasteiger partial charge is 0.355 e. The molecule has 21 heavy (non-hydrogen) atoms. The molecule has 0 spiro atoms. The summed E-state index contributed by atoms with van der Waals surface area (Å²) in [4.78, 5) is 26.9. The molecule has 0 bridgehead atoms. The highest BCUT2D eigenvalue weighted by Gasteiger charge is 2.20. The molecule has 0 unspecified atom stereocenters. The molecule has 4 nitrogen and oxygen atoms in total. The number of rotatable bonds is 3. The van der Waals surface area contributed by atoms with E-state index in [2.05, 4.69) is 10.3 Å². The van der Waals surface area contributed by atoms with E-state index in [1.807, 2.05) is 13.0 Å². The molecule has 0 aliphatic rings. The van der Waals surface area contributed by atoms with Gasteiger partial charge in [-0.1, -0.05) is 17.7 Å². The van der Waals surface area contributed by atoms with E-state index in [1.54, 1.807) is 26.0 Å². The number of nitrogens with one attached hydrogen (secondary N) is 2. The van der Waals surface area contributed by atoms with E-state index in [1.165, 1.54) is 6.92 Å². The normalized spacial score (nSPS) is 10.5. The number of aromatic amines is 1. The van der Waals surface area contributed by atoms with Crippen LogP contribution in [0.25, 0.3) is 0 Å². The Hall–Kier alpha value is -2.07. The molecular weight excluding hydrogens is 288 g/mol. The number of aryl methyl sites for hydroxylation is 2. The monoisotopic (exact) mass is 304 g/mol. The fraction of sp³-hybridized carbons (Fsp3) is 0.250. The molecule has 1 heterocycles. The fourth-order valence-corrected chi connectivity index (χ4v) is 2.49. The van der Waals surface area contributed by atoms with Crippen LogP contribution in [0.4, 0.5) is 5.69 Å². The van der Waals surface area contributed by atoms with Crippen LogP contribution < -0.4 is 5.32 Å². The summed E-state index contributed by atoms with van der Waals surface area (Å²) in [6.07, 6.45) is 0. The SMILES string of the molecule is CC(=O)c1[nH]c(C)c(C(=O)Nc2ccc(C)c(Cl)c2)c1C. The molecule has 5 heteroatoms. The number of amides is 1. The van der Waals surface area contributed by atoms with Crippen LogP contribution in [0.1, 0.15) is 44.6 Å². The molecular formula is C16H17ClN2O2. The number of halogens is 1. The highest BCUT2D eigenvalue weighted by Crippen LogP contribution is 2.23. The van der Waals surface area contributed by atoms with Gasteiger partial charge in [-0.25, -0.2) is 0 Å². The predicted octanol–water partition coefficient (Wildman–Crippen LogP) is 4.05. The number of H-pyrrole nitrogens is 1. The Morgan fingerprint density at radius 1 is 1.19 bits per heavy atom. The van der Waals surface area contributed by atoms with E-state index in [0.29, 0.717) is 33.2 Å². The first-order valence-electron chi connectivity index (χ1n) is 6.59. The molecule has 0 radical (unpaired) electrons. The van der Waals surface area contributed by atoms with Crippen molar-refractivity contribution in [2.24, 2.45) is 0 Å². The first-order chi connectivity index (χ1) is 9.81. The van der Waals surface area contributed by atoms with E-state index < -0.39 is 0 Å². The number of carbonyl (C=O) groups is 2. The lowest BCUT2D eigenvalue weighted by atomic mass is 10.1. The van der Waals surface area contributed by atoms with Crippen molar-refractivity contribution in [3.8, 4) is 0 Å². The molecule has 1 aromatic heterocycles. The van der Waals surface area contributed by atoms with Crippen LogP contribution in [-0.4, -0.2) is 16.7 Å². The van der Waals surface area contributed by atoms with Gasteiger partial charge in [0, 0.05) is 23.3 Å². The van der Waals surface area contributed by atoms with Crippen molar-refractivity contribution in [1.29, 1.82) is 0 Å². The third-order valence-electron chi connectivity index (χ3n) is 3.45. The van der Waals surface area contributed by atoms with Gasteiger partial charge in [-0.3, -0.25) is 9.59 Å². The lowest BCUT2D eigenvalue weighted by Crippen LogP contribution is -2.13. The molecule has 0 aliphatic heterocycles. The number of carbonyl (C=O) groups excluding carboxylic acids is 2. The Kier molecular flexibility index (Phi) is 4.19. The molecule has 0 aliphatic carbocycles.